The zero-order chi connectivity index (χ0) is 21.1. The van der Waals surface area contributed by atoms with Gasteiger partial charge in [-0.1, -0.05) is 42.5 Å². The zero-order valence-electron chi connectivity index (χ0n) is 17.0. The van der Waals surface area contributed by atoms with Gasteiger partial charge in [0.2, 0.25) is 5.89 Å². The summed E-state index contributed by atoms with van der Waals surface area (Å²) in [5.74, 6) is 1.60. The number of rotatable bonds is 7. The van der Waals surface area contributed by atoms with Crippen LogP contribution in [0.2, 0.25) is 0 Å². The van der Waals surface area contributed by atoms with Crippen LogP contribution in [0.3, 0.4) is 0 Å². The molecule has 3 aromatic rings. The number of aromatic nitrogens is 1. The average molecular weight is 427 g/mol. The maximum Gasteiger partial charge on any atom is 0.226 e. The standard InChI is InChI=1S/C23H26N2O4S/c1-17-22(15-25(12-13-26)21-11-14-30(27,28)16-21)24-23(29-17)20-9-7-19(8-10-20)18-5-3-2-4-6-18/h2-10,21,26H,11-16H2,1H3. The van der Waals surface area contributed by atoms with Crippen LogP contribution < -0.4 is 0 Å². The van der Waals surface area contributed by atoms with Gasteiger partial charge in [0.15, 0.2) is 9.84 Å². The molecule has 1 N–H and O–H groups in total. The van der Waals surface area contributed by atoms with E-state index in [9.17, 15) is 13.5 Å². The van der Waals surface area contributed by atoms with Crippen LogP contribution in [0.4, 0.5) is 0 Å². The van der Waals surface area contributed by atoms with Crippen LogP contribution >= 0.6 is 0 Å². The van der Waals surface area contributed by atoms with E-state index in [4.69, 9.17) is 4.42 Å². The topological polar surface area (TPSA) is 83.6 Å². The van der Waals surface area contributed by atoms with Crippen LogP contribution in [-0.2, 0) is 16.4 Å². The van der Waals surface area contributed by atoms with Gasteiger partial charge in [0.1, 0.15) is 5.76 Å². The second kappa shape index (κ2) is 8.71. The van der Waals surface area contributed by atoms with Gasteiger partial charge < -0.3 is 9.52 Å². The molecule has 158 valence electrons. The van der Waals surface area contributed by atoms with E-state index in [1.54, 1.807) is 0 Å². The van der Waals surface area contributed by atoms with Crippen molar-refractivity contribution < 1.29 is 17.9 Å². The van der Waals surface area contributed by atoms with E-state index in [0.29, 0.717) is 31.2 Å². The summed E-state index contributed by atoms with van der Waals surface area (Å²) in [4.78, 5) is 6.67. The van der Waals surface area contributed by atoms with Crippen LogP contribution in [0.25, 0.3) is 22.6 Å². The first kappa shape index (κ1) is 20.8. The molecule has 1 aliphatic rings. The maximum absolute atomic E-state index is 11.9. The Morgan fingerprint density at radius 1 is 1.07 bits per heavy atom. The van der Waals surface area contributed by atoms with Crippen LogP contribution in [0.15, 0.2) is 59.0 Å². The van der Waals surface area contributed by atoms with Crippen LogP contribution in [-0.4, -0.2) is 54.1 Å². The molecule has 0 aliphatic carbocycles. The third-order valence-electron chi connectivity index (χ3n) is 5.60. The van der Waals surface area contributed by atoms with Crippen molar-refractivity contribution in [3.05, 3.63) is 66.1 Å². The minimum absolute atomic E-state index is 0.0265. The van der Waals surface area contributed by atoms with Crippen molar-refractivity contribution in [1.82, 2.24) is 9.88 Å². The second-order valence-corrected chi connectivity index (χ2v) is 9.94. The van der Waals surface area contributed by atoms with Gasteiger partial charge in [-0.15, -0.1) is 0 Å². The summed E-state index contributed by atoms with van der Waals surface area (Å²) < 4.78 is 29.6. The maximum atomic E-state index is 11.9. The summed E-state index contributed by atoms with van der Waals surface area (Å²) in [5, 5.41) is 9.44. The summed E-state index contributed by atoms with van der Waals surface area (Å²) in [6, 6.07) is 18.2. The molecule has 0 radical (unpaired) electrons. The Balaban J connectivity index is 1.52. The van der Waals surface area contributed by atoms with Gasteiger partial charge in [0.25, 0.3) is 0 Å². The molecule has 1 aliphatic heterocycles. The minimum atomic E-state index is -2.99. The van der Waals surface area contributed by atoms with Crippen LogP contribution in [0, 0.1) is 6.92 Å². The second-order valence-electron chi connectivity index (χ2n) is 7.72. The number of hydrogen-bond donors (Lipinski definition) is 1. The molecule has 0 spiro atoms. The quantitative estimate of drug-likeness (QED) is 0.624. The third kappa shape index (κ3) is 4.64. The highest BCUT2D eigenvalue weighted by Crippen LogP contribution is 2.27. The Bertz CT molecular complexity index is 1090. The predicted molar refractivity (Wildman–Crippen MR) is 117 cm³/mol. The normalized spacial score (nSPS) is 18.2. The number of oxazole rings is 1. The Labute approximate surface area is 177 Å². The van der Waals surface area contributed by atoms with Crippen molar-refractivity contribution in [3.8, 4) is 22.6 Å². The number of aryl methyl sites for hydroxylation is 1. The van der Waals surface area contributed by atoms with E-state index < -0.39 is 9.84 Å². The molecule has 1 atom stereocenters. The van der Waals surface area contributed by atoms with E-state index in [1.165, 1.54) is 0 Å². The summed E-state index contributed by atoms with van der Waals surface area (Å²) in [6.07, 6.45) is 0.590. The minimum Gasteiger partial charge on any atom is -0.441 e. The van der Waals surface area contributed by atoms with Crippen LogP contribution in [0.1, 0.15) is 17.9 Å². The van der Waals surface area contributed by atoms with E-state index >= 15 is 0 Å². The number of sulfone groups is 1. The molecule has 1 unspecified atom stereocenters. The van der Waals surface area contributed by atoms with Crippen molar-refractivity contribution >= 4 is 9.84 Å². The van der Waals surface area contributed by atoms with Gasteiger partial charge >= 0.3 is 0 Å². The van der Waals surface area contributed by atoms with Crippen molar-refractivity contribution in [2.45, 2.75) is 25.9 Å². The van der Waals surface area contributed by atoms with Crippen molar-refractivity contribution in [2.75, 3.05) is 24.7 Å². The molecule has 4 rings (SSSR count). The molecule has 2 aromatic carbocycles. The van der Waals surface area contributed by atoms with Crippen molar-refractivity contribution in [2.24, 2.45) is 0 Å². The molecule has 1 saturated heterocycles. The number of aliphatic hydroxyl groups excluding tert-OH is 1. The van der Waals surface area contributed by atoms with E-state index in [0.717, 1.165) is 22.4 Å². The first-order valence-corrected chi connectivity index (χ1v) is 11.9. The fraction of sp³-hybridized carbons (Fsp3) is 0.348. The lowest BCUT2D eigenvalue weighted by molar-refractivity contribution is 0.152. The van der Waals surface area contributed by atoms with Gasteiger partial charge in [0, 0.05) is 24.7 Å². The highest BCUT2D eigenvalue weighted by Gasteiger charge is 2.32. The number of nitrogens with zero attached hydrogens (tertiary/aromatic N) is 2. The molecular weight excluding hydrogens is 400 g/mol. The van der Waals surface area contributed by atoms with Gasteiger partial charge in [-0.2, -0.15) is 0 Å². The van der Waals surface area contributed by atoms with E-state index in [-0.39, 0.29) is 24.2 Å². The fourth-order valence-electron chi connectivity index (χ4n) is 3.91. The summed E-state index contributed by atoms with van der Waals surface area (Å²) in [6.45, 7) is 2.71. The Morgan fingerprint density at radius 3 is 2.37 bits per heavy atom. The number of hydrogen-bond acceptors (Lipinski definition) is 6. The van der Waals surface area contributed by atoms with Crippen molar-refractivity contribution in [3.63, 3.8) is 0 Å². The van der Waals surface area contributed by atoms with Gasteiger partial charge in [-0.3, -0.25) is 4.90 Å². The lowest BCUT2D eigenvalue weighted by Gasteiger charge is -2.26. The Hall–Kier alpha value is -2.48. The molecule has 1 aromatic heterocycles. The first-order chi connectivity index (χ1) is 14.4. The van der Waals surface area contributed by atoms with Gasteiger partial charge in [0.05, 0.1) is 23.8 Å². The number of aliphatic hydroxyl groups is 1. The van der Waals surface area contributed by atoms with Gasteiger partial charge in [-0.25, -0.2) is 13.4 Å². The summed E-state index contributed by atoms with van der Waals surface area (Å²) >= 11 is 0. The molecular formula is C23H26N2O4S. The Morgan fingerprint density at radius 2 is 1.73 bits per heavy atom. The summed E-state index contributed by atoms with van der Waals surface area (Å²) in [7, 11) is -2.99. The summed E-state index contributed by atoms with van der Waals surface area (Å²) in [5.41, 5.74) is 3.94. The Kier molecular flexibility index (Phi) is 6.04. The number of benzene rings is 2. The lowest BCUT2D eigenvalue weighted by atomic mass is 10.0. The third-order valence-corrected chi connectivity index (χ3v) is 7.35. The largest absolute Gasteiger partial charge is 0.441 e. The highest BCUT2D eigenvalue weighted by molar-refractivity contribution is 7.91. The molecule has 30 heavy (non-hydrogen) atoms. The molecule has 0 saturated carbocycles. The zero-order valence-corrected chi connectivity index (χ0v) is 17.8. The molecule has 7 heteroatoms. The average Bonchev–Trinajstić information content (AvgIpc) is 3.30. The first-order valence-electron chi connectivity index (χ1n) is 10.1. The fourth-order valence-corrected chi connectivity index (χ4v) is 5.67. The van der Waals surface area contributed by atoms with Gasteiger partial charge in [-0.05, 0) is 36.6 Å². The predicted octanol–water partition coefficient (Wildman–Crippen LogP) is 3.30. The monoisotopic (exact) mass is 426 g/mol. The van der Waals surface area contributed by atoms with E-state index in [1.807, 2.05) is 54.3 Å². The molecule has 0 amide bonds. The van der Waals surface area contributed by atoms with E-state index in [2.05, 4.69) is 17.1 Å². The molecule has 2 heterocycles. The van der Waals surface area contributed by atoms with Crippen molar-refractivity contribution in [1.29, 1.82) is 0 Å². The highest BCUT2D eigenvalue weighted by atomic mass is 32.2. The molecule has 1 fully saturated rings. The lowest BCUT2D eigenvalue weighted by Crippen LogP contribution is -2.38. The smallest absolute Gasteiger partial charge is 0.226 e. The van der Waals surface area contributed by atoms with Crippen LogP contribution in [0.5, 0.6) is 0 Å². The molecule has 0 bridgehead atoms. The SMILES string of the molecule is Cc1oc(-c2ccc(-c3ccccc3)cc2)nc1CN(CCO)C1CCS(=O)(=O)C1. The molecule has 6 nitrogen and oxygen atoms in total.